The summed E-state index contributed by atoms with van der Waals surface area (Å²) in [5.74, 6) is 0.760. The molecular formula is C13H21N3O. The van der Waals surface area contributed by atoms with Gasteiger partial charge in [0.2, 0.25) is 5.91 Å². The van der Waals surface area contributed by atoms with Gasteiger partial charge in [0, 0.05) is 19.0 Å². The molecule has 1 atom stereocenters. The van der Waals surface area contributed by atoms with E-state index in [9.17, 15) is 4.79 Å². The first-order chi connectivity index (χ1) is 8.31. The highest BCUT2D eigenvalue weighted by molar-refractivity contribution is 5.77. The zero-order valence-electron chi connectivity index (χ0n) is 10.3. The van der Waals surface area contributed by atoms with Crippen LogP contribution in [0.1, 0.15) is 38.5 Å². The van der Waals surface area contributed by atoms with Gasteiger partial charge in [-0.15, -0.1) is 0 Å². The lowest BCUT2D eigenvalue weighted by atomic mass is 9.95. The molecule has 0 aromatic rings. The fraction of sp³-hybridized carbons (Fsp3) is 0.846. The SMILES string of the molecule is N#CCCN(C(=O)CC1CCCNC1)C1CC1. The lowest BCUT2D eigenvalue weighted by Gasteiger charge is -2.26. The van der Waals surface area contributed by atoms with Crippen molar-refractivity contribution in [2.75, 3.05) is 19.6 Å². The van der Waals surface area contributed by atoms with Gasteiger partial charge in [0.1, 0.15) is 0 Å². The van der Waals surface area contributed by atoms with Crippen LogP contribution < -0.4 is 5.32 Å². The number of hydrogen-bond acceptors (Lipinski definition) is 3. The second-order valence-corrected chi connectivity index (χ2v) is 5.14. The number of nitriles is 1. The molecule has 0 aromatic heterocycles. The Hall–Kier alpha value is -1.08. The van der Waals surface area contributed by atoms with Crippen molar-refractivity contribution in [3.05, 3.63) is 0 Å². The molecule has 0 radical (unpaired) electrons. The molecule has 1 aliphatic carbocycles. The van der Waals surface area contributed by atoms with Crippen LogP contribution in [0.15, 0.2) is 0 Å². The van der Waals surface area contributed by atoms with Crippen molar-refractivity contribution in [3.63, 3.8) is 0 Å². The molecule has 94 valence electrons. The molecule has 0 bridgehead atoms. The van der Waals surface area contributed by atoms with Gasteiger partial charge in [-0.2, -0.15) is 5.26 Å². The Morgan fingerprint density at radius 3 is 2.82 bits per heavy atom. The average Bonchev–Trinajstić information content (AvgIpc) is 3.15. The first-order valence-corrected chi connectivity index (χ1v) is 6.68. The molecule has 0 spiro atoms. The third-order valence-corrected chi connectivity index (χ3v) is 3.63. The molecule has 2 rings (SSSR count). The van der Waals surface area contributed by atoms with Crippen molar-refractivity contribution in [2.24, 2.45) is 5.92 Å². The van der Waals surface area contributed by atoms with Crippen molar-refractivity contribution in [3.8, 4) is 6.07 Å². The monoisotopic (exact) mass is 235 g/mol. The van der Waals surface area contributed by atoms with Crippen LogP contribution in [0, 0.1) is 17.2 Å². The number of hydrogen-bond donors (Lipinski definition) is 1. The van der Waals surface area contributed by atoms with E-state index in [0.717, 1.165) is 32.4 Å². The van der Waals surface area contributed by atoms with Gasteiger partial charge in [0.15, 0.2) is 0 Å². The highest BCUT2D eigenvalue weighted by Gasteiger charge is 2.33. The Kier molecular flexibility index (Phi) is 4.38. The quantitative estimate of drug-likeness (QED) is 0.781. The maximum atomic E-state index is 12.2. The van der Waals surface area contributed by atoms with Crippen LogP contribution in [-0.4, -0.2) is 36.5 Å². The predicted molar refractivity (Wildman–Crippen MR) is 65.2 cm³/mol. The maximum Gasteiger partial charge on any atom is 0.223 e. The summed E-state index contributed by atoms with van der Waals surface area (Å²) in [5, 5.41) is 12.0. The fourth-order valence-corrected chi connectivity index (χ4v) is 2.53. The molecule has 4 nitrogen and oxygen atoms in total. The summed E-state index contributed by atoms with van der Waals surface area (Å²) < 4.78 is 0. The molecule has 17 heavy (non-hydrogen) atoms. The van der Waals surface area contributed by atoms with Crippen LogP contribution in [-0.2, 0) is 4.79 Å². The number of piperidine rings is 1. The van der Waals surface area contributed by atoms with Crippen LogP contribution in [0.3, 0.4) is 0 Å². The summed E-state index contributed by atoms with van der Waals surface area (Å²) in [4.78, 5) is 14.1. The summed E-state index contributed by atoms with van der Waals surface area (Å²) in [6.45, 7) is 2.69. The molecule has 1 saturated heterocycles. The minimum absolute atomic E-state index is 0.261. The molecular weight excluding hydrogens is 214 g/mol. The van der Waals surface area contributed by atoms with Crippen molar-refractivity contribution in [2.45, 2.75) is 44.6 Å². The molecule has 1 amide bonds. The van der Waals surface area contributed by atoms with Gasteiger partial charge in [-0.3, -0.25) is 4.79 Å². The second-order valence-electron chi connectivity index (χ2n) is 5.14. The molecule has 4 heteroatoms. The van der Waals surface area contributed by atoms with Gasteiger partial charge >= 0.3 is 0 Å². The summed E-state index contributed by atoms with van der Waals surface area (Å²) in [7, 11) is 0. The number of nitrogens with zero attached hydrogens (tertiary/aromatic N) is 2. The Bertz CT molecular complexity index is 300. The minimum atomic E-state index is 0.261. The van der Waals surface area contributed by atoms with Crippen molar-refractivity contribution >= 4 is 5.91 Å². The van der Waals surface area contributed by atoms with Crippen LogP contribution in [0.5, 0.6) is 0 Å². The van der Waals surface area contributed by atoms with Crippen LogP contribution in [0.25, 0.3) is 0 Å². The topological polar surface area (TPSA) is 56.1 Å². The van der Waals surface area contributed by atoms with Crippen LogP contribution >= 0.6 is 0 Å². The smallest absolute Gasteiger partial charge is 0.223 e. The molecule has 1 aliphatic heterocycles. The van der Waals surface area contributed by atoms with Gasteiger partial charge in [-0.25, -0.2) is 0 Å². The van der Waals surface area contributed by atoms with E-state index in [-0.39, 0.29) is 5.91 Å². The van der Waals surface area contributed by atoms with Crippen molar-refractivity contribution in [1.29, 1.82) is 5.26 Å². The normalized spacial score (nSPS) is 24.1. The molecule has 1 heterocycles. The van der Waals surface area contributed by atoms with Crippen molar-refractivity contribution < 1.29 is 4.79 Å². The lowest BCUT2D eigenvalue weighted by Crippen LogP contribution is -2.38. The predicted octanol–water partition coefficient (Wildman–Crippen LogP) is 1.28. The molecule has 2 fully saturated rings. The van der Waals surface area contributed by atoms with Gasteiger partial charge < -0.3 is 10.2 Å². The van der Waals surface area contributed by atoms with E-state index >= 15 is 0 Å². The third-order valence-electron chi connectivity index (χ3n) is 3.63. The summed E-state index contributed by atoms with van der Waals surface area (Å²) >= 11 is 0. The Balaban J connectivity index is 1.80. The van der Waals surface area contributed by atoms with E-state index in [2.05, 4.69) is 11.4 Å². The van der Waals surface area contributed by atoms with E-state index in [4.69, 9.17) is 5.26 Å². The lowest BCUT2D eigenvalue weighted by molar-refractivity contribution is -0.132. The van der Waals surface area contributed by atoms with Gasteiger partial charge in [-0.1, -0.05) is 0 Å². The largest absolute Gasteiger partial charge is 0.339 e. The summed E-state index contributed by atoms with van der Waals surface area (Å²) in [6, 6.07) is 2.57. The molecule has 1 unspecified atom stereocenters. The number of amides is 1. The van der Waals surface area contributed by atoms with E-state index in [0.29, 0.717) is 31.3 Å². The van der Waals surface area contributed by atoms with E-state index in [1.165, 1.54) is 6.42 Å². The highest BCUT2D eigenvalue weighted by Crippen LogP contribution is 2.28. The standard InChI is InChI=1S/C13H21N3O/c14-6-2-8-16(12-4-5-12)13(17)9-11-3-1-7-15-10-11/h11-12,15H,1-5,7-10H2. The number of carbonyl (C=O) groups excluding carboxylic acids is 1. The second kappa shape index (κ2) is 6.02. The maximum absolute atomic E-state index is 12.2. The van der Waals surface area contributed by atoms with Gasteiger partial charge in [0.25, 0.3) is 0 Å². The first-order valence-electron chi connectivity index (χ1n) is 6.68. The minimum Gasteiger partial charge on any atom is -0.339 e. The highest BCUT2D eigenvalue weighted by atomic mass is 16.2. The number of carbonyl (C=O) groups is 1. The van der Waals surface area contributed by atoms with E-state index in [1.807, 2.05) is 4.90 Å². The molecule has 1 N–H and O–H groups in total. The van der Waals surface area contributed by atoms with Crippen molar-refractivity contribution in [1.82, 2.24) is 10.2 Å². The summed E-state index contributed by atoms with van der Waals surface area (Å²) in [6.07, 6.45) is 5.72. The van der Waals surface area contributed by atoms with E-state index < -0.39 is 0 Å². The fourth-order valence-electron chi connectivity index (χ4n) is 2.53. The van der Waals surface area contributed by atoms with Crippen LogP contribution in [0.4, 0.5) is 0 Å². The number of nitrogens with one attached hydrogen (secondary N) is 1. The van der Waals surface area contributed by atoms with E-state index in [1.54, 1.807) is 0 Å². The molecule has 0 aromatic carbocycles. The summed E-state index contributed by atoms with van der Waals surface area (Å²) in [5.41, 5.74) is 0. The van der Waals surface area contributed by atoms with Crippen LogP contribution in [0.2, 0.25) is 0 Å². The first kappa shape index (κ1) is 12.4. The number of rotatable bonds is 5. The molecule has 1 saturated carbocycles. The zero-order chi connectivity index (χ0) is 12.1. The Morgan fingerprint density at radius 2 is 2.24 bits per heavy atom. The zero-order valence-corrected chi connectivity index (χ0v) is 10.3. The van der Waals surface area contributed by atoms with Gasteiger partial charge in [0.05, 0.1) is 12.5 Å². The van der Waals surface area contributed by atoms with Gasteiger partial charge in [-0.05, 0) is 44.7 Å². The molecule has 2 aliphatic rings. The Morgan fingerprint density at radius 1 is 1.41 bits per heavy atom. The average molecular weight is 235 g/mol. The Labute approximate surface area is 103 Å². The third kappa shape index (κ3) is 3.71.